The molecule has 2 aliphatic heterocycles. The molecule has 0 N–H and O–H groups in total. The van der Waals surface area contributed by atoms with Gasteiger partial charge in [-0.1, -0.05) is 18.2 Å². The Morgan fingerprint density at radius 2 is 1.38 bits per heavy atom. The van der Waals surface area contributed by atoms with Crippen LogP contribution >= 0.6 is 0 Å². The average Bonchev–Trinajstić information content (AvgIpc) is 3.06. The SMILES string of the molecule is Cc1cc(C)c(C)c(S(=O)(=O)N2CCN(C(=O)CCN3C(=O)[C@H]4CC=CC[C@@H]4C3=O)CC2)c1C. The Bertz CT molecular complexity index is 1110. The van der Waals surface area contributed by atoms with Crippen LogP contribution in [-0.4, -0.2) is 73.0 Å². The molecule has 2 saturated heterocycles. The standard InChI is InChI=1S/C25H33N3O5S/c1-16-15-17(2)19(4)23(18(16)3)34(32,33)27-13-11-26(12-14-27)22(29)9-10-28-24(30)20-7-5-6-8-21(20)25(28)31/h5-6,15,20-21H,7-14H2,1-4H3/t20-,21-/m0/s1. The number of carbonyl (C=O) groups excluding carboxylic acids is 3. The van der Waals surface area contributed by atoms with Crippen LogP contribution in [0.25, 0.3) is 0 Å². The van der Waals surface area contributed by atoms with Crippen molar-refractivity contribution >= 4 is 27.7 Å². The Balaban J connectivity index is 1.37. The minimum Gasteiger partial charge on any atom is -0.340 e. The molecule has 0 saturated carbocycles. The Morgan fingerprint density at radius 3 is 1.88 bits per heavy atom. The van der Waals surface area contributed by atoms with E-state index < -0.39 is 10.0 Å². The first-order chi connectivity index (χ1) is 16.0. The van der Waals surface area contributed by atoms with Gasteiger partial charge in [-0.25, -0.2) is 8.42 Å². The predicted molar refractivity (Wildman–Crippen MR) is 127 cm³/mol. The summed E-state index contributed by atoms with van der Waals surface area (Å²) in [6.07, 6.45) is 5.10. The number of aryl methyl sites for hydroxylation is 2. The molecule has 34 heavy (non-hydrogen) atoms. The first-order valence-electron chi connectivity index (χ1n) is 11.9. The van der Waals surface area contributed by atoms with E-state index in [1.807, 2.05) is 45.9 Å². The summed E-state index contributed by atoms with van der Waals surface area (Å²) >= 11 is 0. The van der Waals surface area contributed by atoms with Gasteiger partial charge >= 0.3 is 0 Å². The van der Waals surface area contributed by atoms with Gasteiger partial charge in [0.1, 0.15) is 0 Å². The normalized spacial score (nSPS) is 23.5. The highest BCUT2D eigenvalue weighted by Crippen LogP contribution is 2.35. The van der Waals surface area contributed by atoms with Gasteiger partial charge in [-0.05, 0) is 62.8 Å². The summed E-state index contributed by atoms with van der Waals surface area (Å²) < 4.78 is 28.3. The molecule has 1 aromatic carbocycles. The Morgan fingerprint density at radius 1 is 0.882 bits per heavy atom. The van der Waals surface area contributed by atoms with Crippen molar-refractivity contribution in [2.75, 3.05) is 32.7 Å². The van der Waals surface area contributed by atoms with Gasteiger partial charge in [0.15, 0.2) is 0 Å². The number of imide groups is 1. The van der Waals surface area contributed by atoms with Crippen molar-refractivity contribution in [3.05, 3.63) is 40.5 Å². The van der Waals surface area contributed by atoms with E-state index in [1.54, 1.807) is 4.90 Å². The molecule has 0 bridgehead atoms. The van der Waals surface area contributed by atoms with Crippen LogP contribution in [0.5, 0.6) is 0 Å². The van der Waals surface area contributed by atoms with E-state index in [-0.39, 0.29) is 68.7 Å². The van der Waals surface area contributed by atoms with Crippen LogP contribution < -0.4 is 0 Å². The number of likely N-dealkylation sites (tertiary alicyclic amines) is 1. The van der Waals surface area contributed by atoms with Crippen molar-refractivity contribution in [2.24, 2.45) is 11.8 Å². The number of hydrogen-bond acceptors (Lipinski definition) is 5. The molecule has 2 heterocycles. The fourth-order valence-corrected chi connectivity index (χ4v) is 7.33. The van der Waals surface area contributed by atoms with E-state index in [0.717, 1.165) is 22.3 Å². The monoisotopic (exact) mass is 487 g/mol. The molecule has 9 heteroatoms. The summed E-state index contributed by atoms with van der Waals surface area (Å²) in [5, 5.41) is 0. The highest BCUT2D eigenvalue weighted by atomic mass is 32.2. The maximum atomic E-state index is 13.4. The summed E-state index contributed by atoms with van der Waals surface area (Å²) in [6.45, 7) is 8.61. The second-order valence-corrected chi connectivity index (χ2v) is 11.5. The molecule has 4 rings (SSSR count). The molecule has 1 aliphatic carbocycles. The summed E-state index contributed by atoms with van der Waals surface area (Å²) in [7, 11) is -3.68. The van der Waals surface area contributed by atoms with E-state index in [2.05, 4.69) is 0 Å². The molecule has 2 fully saturated rings. The van der Waals surface area contributed by atoms with E-state index in [9.17, 15) is 22.8 Å². The number of carbonyl (C=O) groups is 3. The lowest BCUT2D eigenvalue weighted by Gasteiger charge is -2.35. The lowest BCUT2D eigenvalue weighted by atomic mass is 9.85. The maximum Gasteiger partial charge on any atom is 0.243 e. The Labute approximate surface area is 201 Å². The second kappa shape index (κ2) is 9.26. The molecular weight excluding hydrogens is 454 g/mol. The lowest BCUT2D eigenvalue weighted by molar-refractivity contribution is -0.141. The molecule has 8 nitrogen and oxygen atoms in total. The summed E-state index contributed by atoms with van der Waals surface area (Å²) in [4.78, 5) is 41.3. The van der Waals surface area contributed by atoms with Crippen LogP contribution in [0.2, 0.25) is 0 Å². The van der Waals surface area contributed by atoms with Crippen LogP contribution in [0, 0.1) is 39.5 Å². The van der Waals surface area contributed by atoms with Crippen molar-refractivity contribution < 1.29 is 22.8 Å². The van der Waals surface area contributed by atoms with E-state index in [4.69, 9.17) is 0 Å². The zero-order valence-electron chi connectivity index (χ0n) is 20.3. The predicted octanol–water partition coefficient (Wildman–Crippen LogP) is 2.09. The Hall–Kier alpha value is -2.52. The van der Waals surface area contributed by atoms with E-state index in [1.165, 1.54) is 9.21 Å². The number of hydrogen-bond donors (Lipinski definition) is 0. The molecular formula is C25H33N3O5S. The molecule has 0 radical (unpaired) electrons. The minimum absolute atomic E-state index is 0.0619. The highest BCUT2D eigenvalue weighted by molar-refractivity contribution is 7.89. The van der Waals surface area contributed by atoms with Gasteiger partial charge in [0, 0.05) is 39.1 Å². The first kappa shape index (κ1) is 24.6. The minimum atomic E-state index is -3.68. The van der Waals surface area contributed by atoms with Crippen molar-refractivity contribution in [3.8, 4) is 0 Å². The van der Waals surface area contributed by atoms with Gasteiger partial charge in [-0.3, -0.25) is 19.3 Å². The number of rotatable bonds is 5. The van der Waals surface area contributed by atoms with Gasteiger partial charge < -0.3 is 4.90 Å². The third kappa shape index (κ3) is 4.20. The molecule has 0 spiro atoms. The zero-order valence-corrected chi connectivity index (χ0v) is 21.2. The van der Waals surface area contributed by atoms with E-state index in [0.29, 0.717) is 17.7 Å². The van der Waals surface area contributed by atoms with Crippen molar-refractivity contribution in [2.45, 2.75) is 51.9 Å². The summed E-state index contributed by atoms with van der Waals surface area (Å²) in [5.74, 6) is -1.11. The van der Waals surface area contributed by atoms with Gasteiger partial charge in [0.05, 0.1) is 16.7 Å². The lowest BCUT2D eigenvalue weighted by Crippen LogP contribution is -2.51. The van der Waals surface area contributed by atoms with Gasteiger partial charge in [0.25, 0.3) is 0 Å². The molecule has 0 unspecified atom stereocenters. The van der Waals surface area contributed by atoms with Crippen LogP contribution in [0.1, 0.15) is 41.5 Å². The van der Waals surface area contributed by atoms with Crippen LogP contribution in [0.15, 0.2) is 23.1 Å². The van der Waals surface area contributed by atoms with Crippen LogP contribution in [0.4, 0.5) is 0 Å². The first-order valence-corrected chi connectivity index (χ1v) is 13.3. The molecule has 2 atom stereocenters. The Kier molecular flexibility index (Phi) is 6.70. The number of benzene rings is 1. The number of allylic oxidation sites excluding steroid dienone is 2. The van der Waals surface area contributed by atoms with Crippen molar-refractivity contribution in [1.29, 1.82) is 0 Å². The quantitative estimate of drug-likeness (QED) is 0.468. The zero-order chi connectivity index (χ0) is 24.8. The molecule has 0 aromatic heterocycles. The average molecular weight is 488 g/mol. The molecule has 3 aliphatic rings. The topological polar surface area (TPSA) is 95.1 Å². The number of piperazine rings is 1. The third-order valence-corrected chi connectivity index (χ3v) is 9.81. The fraction of sp³-hybridized carbons (Fsp3) is 0.560. The van der Waals surface area contributed by atoms with Gasteiger partial charge in [-0.2, -0.15) is 4.31 Å². The van der Waals surface area contributed by atoms with Gasteiger partial charge in [-0.15, -0.1) is 0 Å². The second-order valence-electron chi connectivity index (χ2n) is 9.61. The fourth-order valence-electron chi connectivity index (χ4n) is 5.33. The van der Waals surface area contributed by atoms with Crippen molar-refractivity contribution in [3.63, 3.8) is 0 Å². The number of nitrogens with zero attached hydrogens (tertiary/aromatic N) is 3. The molecule has 184 valence electrons. The van der Waals surface area contributed by atoms with Crippen LogP contribution in [0.3, 0.4) is 0 Å². The summed E-state index contributed by atoms with van der Waals surface area (Å²) in [6, 6.07) is 2.00. The number of amides is 3. The summed E-state index contributed by atoms with van der Waals surface area (Å²) in [5.41, 5.74) is 3.41. The largest absolute Gasteiger partial charge is 0.340 e. The molecule has 1 aromatic rings. The number of fused-ring (bicyclic) bond motifs is 1. The van der Waals surface area contributed by atoms with Crippen LogP contribution in [-0.2, 0) is 24.4 Å². The smallest absolute Gasteiger partial charge is 0.243 e. The molecule has 3 amide bonds. The van der Waals surface area contributed by atoms with Crippen molar-refractivity contribution in [1.82, 2.24) is 14.1 Å². The van der Waals surface area contributed by atoms with Gasteiger partial charge in [0.2, 0.25) is 27.7 Å². The maximum absolute atomic E-state index is 13.4. The third-order valence-electron chi connectivity index (χ3n) is 7.63. The van der Waals surface area contributed by atoms with E-state index >= 15 is 0 Å². The number of sulfonamides is 1. The highest BCUT2D eigenvalue weighted by Gasteiger charge is 2.47.